The van der Waals surface area contributed by atoms with E-state index in [1.165, 1.54) is 0 Å². The molecule has 0 saturated heterocycles. The van der Waals surface area contributed by atoms with Crippen LogP contribution in [0, 0.1) is 11.3 Å². The van der Waals surface area contributed by atoms with Crippen LogP contribution in [0.25, 0.3) is 11.2 Å². The molecule has 0 aliphatic rings. The lowest BCUT2D eigenvalue weighted by Gasteiger charge is -2.06. The second-order valence-electron chi connectivity index (χ2n) is 4.68. The molecule has 0 amide bonds. The minimum absolute atomic E-state index is 0.236. The molecule has 110 valence electrons. The molecule has 2 aromatic heterocycles. The number of hydrogen-bond donors (Lipinski definition) is 1. The monoisotopic (exact) mass is 294 g/mol. The second kappa shape index (κ2) is 5.69. The summed E-state index contributed by atoms with van der Waals surface area (Å²) in [6.07, 6.45) is 1.66. The summed E-state index contributed by atoms with van der Waals surface area (Å²) >= 11 is 0. The molecule has 0 fully saturated rings. The molecular formula is C15H14N6O. The first-order valence-electron chi connectivity index (χ1n) is 6.81. The van der Waals surface area contributed by atoms with Crippen LogP contribution in [0.5, 0.6) is 6.01 Å². The molecule has 0 bridgehead atoms. The number of ether oxygens (including phenoxy) is 1. The van der Waals surface area contributed by atoms with Crippen LogP contribution in [0.3, 0.4) is 0 Å². The number of imidazole rings is 1. The van der Waals surface area contributed by atoms with Gasteiger partial charge < -0.3 is 15.0 Å². The van der Waals surface area contributed by atoms with Crippen molar-refractivity contribution < 1.29 is 4.74 Å². The lowest BCUT2D eigenvalue weighted by atomic mass is 10.1. The van der Waals surface area contributed by atoms with Crippen molar-refractivity contribution in [2.24, 2.45) is 0 Å². The molecule has 2 heterocycles. The van der Waals surface area contributed by atoms with Gasteiger partial charge in [-0.1, -0.05) is 12.1 Å². The van der Waals surface area contributed by atoms with E-state index in [1.54, 1.807) is 12.4 Å². The van der Waals surface area contributed by atoms with E-state index in [4.69, 9.17) is 15.7 Å². The van der Waals surface area contributed by atoms with Gasteiger partial charge in [-0.25, -0.2) is 4.98 Å². The third kappa shape index (κ3) is 2.54. The highest BCUT2D eigenvalue weighted by molar-refractivity contribution is 5.81. The molecule has 0 saturated carbocycles. The lowest BCUT2D eigenvalue weighted by Crippen LogP contribution is -2.04. The predicted octanol–water partition coefficient (Wildman–Crippen LogP) is 1.73. The van der Waals surface area contributed by atoms with E-state index < -0.39 is 0 Å². The van der Waals surface area contributed by atoms with Crippen LogP contribution in [0.2, 0.25) is 0 Å². The van der Waals surface area contributed by atoms with Crippen LogP contribution in [-0.4, -0.2) is 26.1 Å². The first-order valence-corrected chi connectivity index (χ1v) is 6.81. The highest BCUT2D eigenvalue weighted by Gasteiger charge is 2.12. The van der Waals surface area contributed by atoms with Crippen molar-refractivity contribution >= 4 is 17.0 Å². The fraction of sp³-hybridized carbons (Fsp3) is 0.200. The van der Waals surface area contributed by atoms with Crippen molar-refractivity contribution in [1.82, 2.24) is 19.5 Å². The highest BCUT2D eigenvalue weighted by Crippen LogP contribution is 2.20. The highest BCUT2D eigenvalue weighted by atomic mass is 16.5. The third-order valence-electron chi connectivity index (χ3n) is 3.15. The van der Waals surface area contributed by atoms with Crippen molar-refractivity contribution in [2.45, 2.75) is 13.5 Å². The average molecular weight is 294 g/mol. The van der Waals surface area contributed by atoms with E-state index in [-0.39, 0.29) is 11.8 Å². The van der Waals surface area contributed by atoms with Gasteiger partial charge in [0.2, 0.25) is 0 Å². The molecule has 0 spiro atoms. The number of fused-ring (bicyclic) bond motifs is 1. The molecule has 0 radical (unpaired) electrons. The lowest BCUT2D eigenvalue weighted by molar-refractivity contribution is 0.314. The molecule has 7 nitrogen and oxygen atoms in total. The van der Waals surface area contributed by atoms with E-state index >= 15 is 0 Å². The third-order valence-corrected chi connectivity index (χ3v) is 3.15. The Bertz CT molecular complexity index is 864. The first kappa shape index (κ1) is 13.8. The van der Waals surface area contributed by atoms with E-state index in [2.05, 4.69) is 21.0 Å². The maximum atomic E-state index is 8.97. The summed E-state index contributed by atoms with van der Waals surface area (Å²) in [5.41, 5.74) is 8.64. The van der Waals surface area contributed by atoms with Crippen molar-refractivity contribution in [2.75, 3.05) is 12.3 Å². The molecule has 0 aliphatic carbocycles. The SMILES string of the molecule is CCOc1nc(N)c2ncn(Cc3cccc(C#N)c3)c2n1. The van der Waals surface area contributed by atoms with Crippen LogP contribution in [0.1, 0.15) is 18.1 Å². The molecule has 3 aromatic rings. The van der Waals surface area contributed by atoms with Crippen LogP contribution in [-0.2, 0) is 6.54 Å². The van der Waals surface area contributed by atoms with Crippen LogP contribution < -0.4 is 10.5 Å². The maximum absolute atomic E-state index is 8.97. The quantitative estimate of drug-likeness (QED) is 0.786. The van der Waals surface area contributed by atoms with Gasteiger partial charge in [0.05, 0.1) is 31.1 Å². The van der Waals surface area contributed by atoms with Gasteiger partial charge in [-0.2, -0.15) is 15.2 Å². The molecule has 3 rings (SSSR count). The van der Waals surface area contributed by atoms with Gasteiger partial charge >= 0.3 is 6.01 Å². The minimum Gasteiger partial charge on any atom is -0.464 e. The van der Waals surface area contributed by atoms with E-state index in [0.29, 0.717) is 29.9 Å². The smallest absolute Gasteiger partial charge is 0.320 e. The summed E-state index contributed by atoms with van der Waals surface area (Å²) in [6.45, 7) is 2.85. The van der Waals surface area contributed by atoms with Gasteiger partial charge in [0.25, 0.3) is 0 Å². The molecule has 0 unspecified atom stereocenters. The zero-order valence-corrected chi connectivity index (χ0v) is 12.0. The van der Waals surface area contributed by atoms with Gasteiger partial charge in [0, 0.05) is 0 Å². The summed E-state index contributed by atoms with van der Waals surface area (Å²) in [4.78, 5) is 12.7. The molecule has 0 atom stereocenters. The number of rotatable bonds is 4. The number of hydrogen-bond acceptors (Lipinski definition) is 6. The average Bonchev–Trinajstić information content (AvgIpc) is 2.91. The van der Waals surface area contributed by atoms with Crippen molar-refractivity contribution in [3.8, 4) is 12.1 Å². The van der Waals surface area contributed by atoms with E-state index in [1.807, 2.05) is 29.7 Å². The van der Waals surface area contributed by atoms with Crippen molar-refractivity contribution in [1.29, 1.82) is 5.26 Å². The summed E-state index contributed by atoms with van der Waals surface area (Å²) < 4.78 is 7.17. The van der Waals surface area contributed by atoms with Crippen LogP contribution in [0.15, 0.2) is 30.6 Å². The number of aromatic nitrogens is 4. The summed E-state index contributed by atoms with van der Waals surface area (Å²) in [5.74, 6) is 0.290. The number of nitrogen functional groups attached to an aromatic ring is 1. The Morgan fingerprint density at radius 2 is 2.23 bits per heavy atom. The number of anilines is 1. The molecule has 0 aliphatic heterocycles. The topological polar surface area (TPSA) is 103 Å². The number of nitriles is 1. The second-order valence-corrected chi connectivity index (χ2v) is 4.68. The predicted molar refractivity (Wildman–Crippen MR) is 81.2 cm³/mol. The molecular weight excluding hydrogens is 280 g/mol. The normalized spacial score (nSPS) is 10.5. The Balaban J connectivity index is 2.01. The summed E-state index contributed by atoms with van der Waals surface area (Å²) in [5, 5.41) is 8.97. The fourth-order valence-corrected chi connectivity index (χ4v) is 2.19. The molecule has 2 N–H and O–H groups in total. The van der Waals surface area contributed by atoms with E-state index in [9.17, 15) is 0 Å². The number of nitrogens with two attached hydrogens (primary N) is 1. The zero-order valence-electron chi connectivity index (χ0n) is 12.0. The van der Waals surface area contributed by atoms with Gasteiger partial charge in [-0.3, -0.25) is 0 Å². The fourth-order valence-electron chi connectivity index (χ4n) is 2.19. The minimum atomic E-state index is 0.236. The Labute approximate surface area is 127 Å². The van der Waals surface area contributed by atoms with Crippen molar-refractivity contribution in [3.05, 3.63) is 41.7 Å². The maximum Gasteiger partial charge on any atom is 0.320 e. The van der Waals surface area contributed by atoms with Gasteiger partial charge in [-0.05, 0) is 24.6 Å². The van der Waals surface area contributed by atoms with Crippen molar-refractivity contribution in [3.63, 3.8) is 0 Å². The van der Waals surface area contributed by atoms with Gasteiger partial charge in [0.15, 0.2) is 17.0 Å². The summed E-state index contributed by atoms with van der Waals surface area (Å²) in [7, 11) is 0. The van der Waals surface area contributed by atoms with Gasteiger partial charge in [0.1, 0.15) is 0 Å². The largest absolute Gasteiger partial charge is 0.464 e. The number of nitrogens with zero attached hydrogens (tertiary/aromatic N) is 5. The zero-order chi connectivity index (χ0) is 15.5. The van der Waals surface area contributed by atoms with Crippen LogP contribution >= 0.6 is 0 Å². The Kier molecular flexibility index (Phi) is 3.58. The van der Waals surface area contributed by atoms with Gasteiger partial charge in [-0.15, -0.1) is 0 Å². The molecule has 7 heteroatoms. The van der Waals surface area contributed by atoms with Crippen LogP contribution in [0.4, 0.5) is 5.82 Å². The Morgan fingerprint density at radius 3 is 3.00 bits per heavy atom. The number of benzene rings is 1. The molecule has 1 aromatic carbocycles. The Morgan fingerprint density at radius 1 is 1.36 bits per heavy atom. The first-order chi connectivity index (χ1) is 10.7. The molecule has 22 heavy (non-hydrogen) atoms. The Hall–Kier alpha value is -3.14. The van der Waals surface area contributed by atoms with E-state index in [0.717, 1.165) is 5.56 Å². The summed E-state index contributed by atoms with van der Waals surface area (Å²) in [6, 6.07) is 9.76. The standard InChI is InChI=1S/C15H14N6O/c1-2-22-15-19-13(17)12-14(20-15)21(9-18-12)8-11-5-3-4-10(6-11)7-16/h3-6,9H,2,8H2,1H3,(H2,17,19,20).